The molecule has 1 unspecified atom stereocenters. The molecule has 1 aromatic heterocycles. The molecule has 0 saturated carbocycles. The summed E-state index contributed by atoms with van der Waals surface area (Å²) in [5.74, 6) is 0.0591. The van der Waals surface area contributed by atoms with Crippen LogP contribution in [0.3, 0.4) is 0 Å². The van der Waals surface area contributed by atoms with E-state index in [1.807, 2.05) is 42.7 Å². The molecule has 170 valence electrons. The number of carbonyl (C=O) groups excluding carboxylic acids is 2. The molecule has 1 aliphatic heterocycles. The van der Waals surface area contributed by atoms with Crippen molar-refractivity contribution in [3.63, 3.8) is 0 Å². The van der Waals surface area contributed by atoms with Gasteiger partial charge in [0.1, 0.15) is 12.2 Å². The van der Waals surface area contributed by atoms with Crippen LogP contribution in [0.2, 0.25) is 0 Å². The minimum Gasteiger partial charge on any atom is -0.486 e. The van der Waals surface area contributed by atoms with E-state index < -0.39 is 23.3 Å². The highest BCUT2D eigenvalue weighted by Crippen LogP contribution is 2.31. The number of ether oxygens (including phenoxy) is 3. The van der Waals surface area contributed by atoms with Gasteiger partial charge in [0.05, 0.1) is 11.5 Å². The summed E-state index contributed by atoms with van der Waals surface area (Å²) in [6.07, 6.45) is -0.232. The number of Topliss-reactive ketones (excluding diaryl/α,β-unsaturated/α-hetero) is 1. The molecule has 1 atom stereocenters. The zero-order chi connectivity index (χ0) is 23.5. The number of nitro groups is 1. The van der Waals surface area contributed by atoms with E-state index in [0.717, 1.165) is 5.69 Å². The lowest BCUT2D eigenvalue weighted by atomic mass is 10.1. The van der Waals surface area contributed by atoms with Gasteiger partial charge in [0.25, 0.3) is 5.69 Å². The van der Waals surface area contributed by atoms with Crippen LogP contribution in [0.25, 0.3) is 0 Å². The maximum atomic E-state index is 12.8. The van der Waals surface area contributed by atoms with Crippen LogP contribution in [-0.2, 0) is 11.3 Å². The van der Waals surface area contributed by atoms with Crippen molar-refractivity contribution in [1.82, 2.24) is 4.57 Å². The number of aryl methyl sites for hydroxylation is 1. The van der Waals surface area contributed by atoms with Crippen molar-refractivity contribution in [2.75, 3.05) is 13.2 Å². The van der Waals surface area contributed by atoms with Crippen LogP contribution in [0.4, 0.5) is 5.69 Å². The van der Waals surface area contributed by atoms with Crippen LogP contribution in [-0.4, -0.2) is 40.6 Å². The van der Waals surface area contributed by atoms with Crippen LogP contribution in [0.5, 0.6) is 11.5 Å². The van der Waals surface area contributed by atoms with E-state index >= 15 is 0 Å². The fourth-order valence-electron chi connectivity index (χ4n) is 3.81. The molecule has 2 aromatic carbocycles. The molecule has 0 spiro atoms. The number of hydrogen-bond acceptors (Lipinski definition) is 7. The Morgan fingerprint density at radius 3 is 2.55 bits per heavy atom. The highest BCUT2D eigenvalue weighted by molar-refractivity contribution is 6.01. The number of esters is 1. The lowest BCUT2D eigenvalue weighted by Crippen LogP contribution is -2.33. The fraction of sp³-hybridized carbons (Fsp3) is 0.250. The second-order valence-electron chi connectivity index (χ2n) is 7.67. The fourth-order valence-corrected chi connectivity index (χ4v) is 3.81. The molecular formula is C24H22N2O7. The van der Waals surface area contributed by atoms with Gasteiger partial charge >= 0.3 is 5.97 Å². The minimum absolute atomic E-state index is 0.199. The molecule has 0 fully saturated rings. The largest absolute Gasteiger partial charge is 0.486 e. The molecule has 9 nitrogen and oxygen atoms in total. The molecule has 4 rings (SSSR count). The highest BCUT2D eigenvalue weighted by atomic mass is 16.6. The number of benzene rings is 2. The molecule has 9 heteroatoms. The van der Waals surface area contributed by atoms with Gasteiger partial charge in [-0.05, 0) is 38.1 Å². The van der Waals surface area contributed by atoms with E-state index in [0.29, 0.717) is 35.9 Å². The highest BCUT2D eigenvalue weighted by Gasteiger charge is 2.25. The Bertz CT molecular complexity index is 1230. The smallest absolute Gasteiger partial charge is 0.345 e. The van der Waals surface area contributed by atoms with Crippen molar-refractivity contribution in [3.05, 3.63) is 87.2 Å². The summed E-state index contributed by atoms with van der Waals surface area (Å²) in [7, 11) is 0. The Balaban J connectivity index is 1.43. The number of hydrogen-bond donors (Lipinski definition) is 0. The number of fused-ring (bicyclic) bond motifs is 1. The van der Waals surface area contributed by atoms with Gasteiger partial charge < -0.3 is 18.8 Å². The second-order valence-corrected chi connectivity index (χ2v) is 7.67. The number of rotatable bonds is 7. The van der Waals surface area contributed by atoms with Crippen molar-refractivity contribution in [2.45, 2.75) is 26.5 Å². The Labute approximate surface area is 189 Å². The zero-order valence-electron chi connectivity index (χ0n) is 18.1. The third-order valence-electron chi connectivity index (χ3n) is 5.48. The minimum atomic E-state index is -0.920. The summed E-state index contributed by atoms with van der Waals surface area (Å²) in [6, 6.07) is 14.6. The third kappa shape index (κ3) is 4.57. The first-order chi connectivity index (χ1) is 15.8. The Morgan fingerprint density at radius 1 is 1.09 bits per heavy atom. The Hall–Kier alpha value is -4.14. The predicted octanol–water partition coefficient (Wildman–Crippen LogP) is 3.89. The summed E-state index contributed by atoms with van der Waals surface area (Å²) >= 11 is 0. The van der Waals surface area contributed by atoms with Crippen molar-refractivity contribution in [1.29, 1.82) is 0 Å². The average Bonchev–Trinajstić information content (AvgIpc) is 3.10. The van der Waals surface area contributed by atoms with Crippen LogP contribution in [0, 0.1) is 24.0 Å². The summed E-state index contributed by atoms with van der Waals surface area (Å²) in [4.78, 5) is 35.5. The van der Waals surface area contributed by atoms with Crippen LogP contribution >= 0.6 is 0 Å². The molecule has 0 bridgehead atoms. The molecule has 1 aliphatic rings. The second kappa shape index (κ2) is 9.15. The van der Waals surface area contributed by atoms with E-state index in [4.69, 9.17) is 14.2 Å². The molecule has 3 aromatic rings. The van der Waals surface area contributed by atoms with E-state index in [1.165, 1.54) is 24.3 Å². The lowest BCUT2D eigenvalue weighted by Gasteiger charge is -2.27. The maximum absolute atomic E-state index is 12.8. The Morgan fingerprint density at radius 2 is 1.79 bits per heavy atom. The number of nitrogens with zero attached hydrogens (tertiary/aromatic N) is 2. The van der Waals surface area contributed by atoms with Gasteiger partial charge in [-0.15, -0.1) is 0 Å². The first-order valence-corrected chi connectivity index (χ1v) is 10.3. The Kier molecular flexibility index (Phi) is 6.12. The molecule has 2 heterocycles. The SMILES string of the molecule is Cc1cc(C(=O)COC(=O)c2ccccc2[N+](=O)[O-])c(C)n1CC1COc2ccccc2O1. The molecule has 0 radical (unpaired) electrons. The van der Waals surface area contributed by atoms with Gasteiger partial charge in [-0.1, -0.05) is 24.3 Å². The number of para-hydroxylation sites is 3. The van der Waals surface area contributed by atoms with Gasteiger partial charge in [0, 0.05) is 23.0 Å². The van der Waals surface area contributed by atoms with Crippen molar-refractivity contribution in [3.8, 4) is 11.5 Å². The van der Waals surface area contributed by atoms with Crippen LogP contribution < -0.4 is 9.47 Å². The summed E-state index contributed by atoms with van der Waals surface area (Å²) < 4.78 is 18.8. The molecule has 0 amide bonds. The maximum Gasteiger partial charge on any atom is 0.345 e. The quantitative estimate of drug-likeness (QED) is 0.232. The van der Waals surface area contributed by atoms with Crippen molar-refractivity contribution < 1.29 is 28.7 Å². The van der Waals surface area contributed by atoms with Gasteiger partial charge in [0.2, 0.25) is 5.78 Å². The topological polar surface area (TPSA) is 110 Å². The monoisotopic (exact) mass is 450 g/mol. The van der Waals surface area contributed by atoms with Gasteiger partial charge in [0.15, 0.2) is 24.2 Å². The van der Waals surface area contributed by atoms with E-state index in [-0.39, 0.29) is 17.4 Å². The molecular weight excluding hydrogens is 428 g/mol. The van der Waals surface area contributed by atoms with Gasteiger partial charge in [-0.2, -0.15) is 0 Å². The molecule has 0 saturated heterocycles. The van der Waals surface area contributed by atoms with Crippen molar-refractivity contribution in [2.24, 2.45) is 0 Å². The molecule has 0 N–H and O–H groups in total. The zero-order valence-corrected chi connectivity index (χ0v) is 18.1. The van der Waals surface area contributed by atoms with E-state index in [9.17, 15) is 19.7 Å². The normalized spacial score (nSPS) is 14.5. The average molecular weight is 450 g/mol. The van der Waals surface area contributed by atoms with Crippen LogP contribution in [0.1, 0.15) is 32.1 Å². The molecule has 0 aliphatic carbocycles. The summed E-state index contributed by atoms with van der Waals surface area (Å²) in [5, 5.41) is 11.1. The lowest BCUT2D eigenvalue weighted by molar-refractivity contribution is -0.385. The third-order valence-corrected chi connectivity index (χ3v) is 5.48. The standard InChI is InChI=1S/C24H22N2O7/c1-15-11-19(21(27)14-32-24(28)18-7-3-4-8-20(18)26(29)30)16(2)25(15)12-17-13-31-22-9-5-6-10-23(22)33-17/h3-11,17H,12-14H2,1-2H3. The van der Waals surface area contributed by atoms with E-state index in [2.05, 4.69) is 0 Å². The van der Waals surface area contributed by atoms with E-state index in [1.54, 1.807) is 6.07 Å². The summed E-state index contributed by atoms with van der Waals surface area (Å²) in [5.41, 5.74) is 1.41. The first-order valence-electron chi connectivity index (χ1n) is 10.3. The number of ketones is 1. The van der Waals surface area contributed by atoms with Crippen molar-refractivity contribution >= 4 is 17.4 Å². The van der Waals surface area contributed by atoms with Gasteiger partial charge in [-0.3, -0.25) is 14.9 Å². The molecule has 33 heavy (non-hydrogen) atoms. The summed E-state index contributed by atoms with van der Waals surface area (Å²) in [6.45, 7) is 4.02. The number of nitro benzene ring substituents is 1. The number of carbonyl (C=O) groups is 2. The van der Waals surface area contributed by atoms with Crippen LogP contribution in [0.15, 0.2) is 54.6 Å². The van der Waals surface area contributed by atoms with Gasteiger partial charge in [-0.25, -0.2) is 4.79 Å². The first kappa shape index (κ1) is 22.1. The predicted molar refractivity (Wildman–Crippen MR) is 118 cm³/mol. The number of aromatic nitrogens is 1.